The van der Waals surface area contributed by atoms with Crippen molar-refractivity contribution in [2.75, 3.05) is 0 Å². The van der Waals surface area contributed by atoms with Crippen molar-refractivity contribution in [3.63, 3.8) is 0 Å². The second-order valence-electron chi connectivity index (χ2n) is 6.03. The van der Waals surface area contributed by atoms with Gasteiger partial charge in [0.2, 0.25) is 0 Å². The third-order valence-electron chi connectivity index (χ3n) is 4.12. The van der Waals surface area contributed by atoms with Crippen LogP contribution in [0.5, 0.6) is 5.75 Å². The van der Waals surface area contributed by atoms with E-state index < -0.39 is 5.54 Å². The normalized spacial score (nSPS) is 29.1. The number of halogens is 1. The summed E-state index contributed by atoms with van der Waals surface area (Å²) in [5.41, 5.74) is 0.494. The van der Waals surface area contributed by atoms with Gasteiger partial charge in [-0.25, -0.2) is 4.39 Å². The number of nitrogens with zero attached hydrogens (tertiary/aromatic N) is 1. The first-order valence-corrected chi connectivity index (χ1v) is 7.22. The number of nitriles is 1. The van der Waals surface area contributed by atoms with Gasteiger partial charge in [-0.2, -0.15) is 5.26 Å². The molecule has 1 aromatic rings. The number of ether oxygens (including phenoxy) is 1. The summed E-state index contributed by atoms with van der Waals surface area (Å²) in [6.45, 7) is 1.91. The minimum absolute atomic E-state index is 0.0859. The van der Waals surface area contributed by atoms with Crippen molar-refractivity contribution in [2.24, 2.45) is 0 Å². The van der Waals surface area contributed by atoms with E-state index in [4.69, 9.17) is 4.74 Å². The second-order valence-corrected chi connectivity index (χ2v) is 6.03. The van der Waals surface area contributed by atoms with Gasteiger partial charge in [-0.3, -0.25) is 5.32 Å². The fourth-order valence-corrected chi connectivity index (χ4v) is 2.86. The minimum atomic E-state index is -0.480. The third kappa shape index (κ3) is 2.78. The zero-order valence-corrected chi connectivity index (χ0v) is 11.7. The lowest BCUT2D eigenvalue weighted by atomic mass is 9.99. The van der Waals surface area contributed by atoms with Crippen molar-refractivity contribution in [3.05, 3.63) is 29.6 Å². The molecule has 1 N–H and O–H groups in total. The predicted molar refractivity (Wildman–Crippen MR) is 73.9 cm³/mol. The Hall–Kier alpha value is -1.60. The molecular weight excluding hydrogens is 255 g/mol. The van der Waals surface area contributed by atoms with E-state index in [0.717, 1.165) is 31.2 Å². The van der Waals surface area contributed by atoms with Crippen LogP contribution < -0.4 is 10.1 Å². The summed E-state index contributed by atoms with van der Waals surface area (Å²) in [4.78, 5) is 0. The van der Waals surface area contributed by atoms with Gasteiger partial charge in [0.25, 0.3) is 0 Å². The first kappa shape index (κ1) is 13.4. The maximum Gasteiger partial charge on any atom is 0.165 e. The summed E-state index contributed by atoms with van der Waals surface area (Å²) in [5.74, 6) is -0.0321. The van der Waals surface area contributed by atoms with Crippen LogP contribution in [0.1, 0.15) is 37.7 Å². The molecule has 0 aliphatic heterocycles. The fraction of sp³-hybridized carbons (Fsp3) is 0.562. The smallest absolute Gasteiger partial charge is 0.165 e. The summed E-state index contributed by atoms with van der Waals surface area (Å²) in [6.07, 6.45) is 4.42. The summed E-state index contributed by atoms with van der Waals surface area (Å²) in [5, 5.41) is 12.9. The Balaban J connectivity index is 1.67. The molecule has 0 bridgehead atoms. The molecule has 0 heterocycles. The maximum atomic E-state index is 13.7. The SMILES string of the molecule is Cc1ccc(F)c(OC2CCC(C#N)(NC3CC3)C2)c1. The van der Waals surface area contributed by atoms with Crippen molar-refractivity contribution >= 4 is 0 Å². The summed E-state index contributed by atoms with van der Waals surface area (Å²) >= 11 is 0. The lowest BCUT2D eigenvalue weighted by Gasteiger charge is -2.23. The highest BCUT2D eigenvalue weighted by atomic mass is 19.1. The van der Waals surface area contributed by atoms with Gasteiger partial charge in [0.05, 0.1) is 6.07 Å². The number of hydrogen-bond donors (Lipinski definition) is 1. The fourth-order valence-electron chi connectivity index (χ4n) is 2.86. The van der Waals surface area contributed by atoms with E-state index >= 15 is 0 Å². The Bertz CT molecular complexity index is 550. The van der Waals surface area contributed by atoms with Gasteiger partial charge in [0.1, 0.15) is 11.6 Å². The molecule has 2 fully saturated rings. The van der Waals surface area contributed by atoms with Crippen LogP contribution >= 0.6 is 0 Å². The van der Waals surface area contributed by atoms with Gasteiger partial charge < -0.3 is 4.74 Å². The lowest BCUT2D eigenvalue weighted by molar-refractivity contribution is 0.192. The first-order valence-electron chi connectivity index (χ1n) is 7.22. The molecule has 106 valence electrons. The van der Waals surface area contributed by atoms with Crippen molar-refractivity contribution in [2.45, 2.75) is 56.7 Å². The van der Waals surface area contributed by atoms with Crippen molar-refractivity contribution in [1.29, 1.82) is 5.26 Å². The van der Waals surface area contributed by atoms with Crippen molar-refractivity contribution in [3.8, 4) is 11.8 Å². The van der Waals surface area contributed by atoms with Crippen LogP contribution in [0.15, 0.2) is 18.2 Å². The highest BCUT2D eigenvalue weighted by Crippen LogP contribution is 2.36. The minimum Gasteiger partial charge on any atom is -0.487 e. The molecule has 3 rings (SSSR count). The van der Waals surface area contributed by atoms with Gasteiger partial charge >= 0.3 is 0 Å². The van der Waals surface area contributed by atoms with E-state index in [1.165, 1.54) is 6.07 Å². The molecule has 2 saturated carbocycles. The molecule has 0 radical (unpaired) electrons. The van der Waals surface area contributed by atoms with E-state index in [1.807, 2.05) is 6.92 Å². The van der Waals surface area contributed by atoms with Gasteiger partial charge in [-0.15, -0.1) is 0 Å². The van der Waals surface area contributed by atoms with E-state index in [1.54, 1.807) is 12.1 Å². The molecule has 4 heteroatoms. The van der Waals surface area contributed by atoms with Crippen LogP contribution in [0.2, 0.25) is 0 Å². The number of hydrogen-bond acceptors (Lipinski definition) is 3. The largest absolute Gasteiger partial charge is 0.487 e. The molecule has 2 atom stereocenters. The van der Waals surface area contributed by atoms with Crippen LogP contribution in [-0.4, -0.2) is 17.7 Å². The number of nitrogens with one attached hydrogen (secondary N) is 1. The zero-order chi connectivity index (χ0) is 14.2. The lowest BCUT2D eigenvalue weighted by Crippen LogP contribution is -2.43. The molecule has 2 unspecified atom stereocenters. The van der Waals surface area contributed by atoms with Crippen molar-refractivity contribution in [1.82, 2.24) is 5.32 Å². The molecule has 0 aromatic heterocycles. The average molecular weight is 274 g/mol. The summed E-state index contributed by atoms with van der Waals surface area (Å²) in [7, 11) is 0. The molecule has 20 heavy (non-hydrogen) atoms. The van der Waals surface area contributed by atoms with E-state index in [0.29, 0.717) is 18.2 Å². The van der Waals surface area contributed by atoms with Gasteiger partial charge in [0.15, 0.2) is 11.6 Å². The molecule has 2 aliphatic carbocycles. The van der Waals surface area contributed by atoms with Gasteiger partial charge in [-0.1, -0.05) is 6.07 Å². The average Bonchev–Trinajstić information content (AvgIpc) is 3.14. The molecule has 2 aliphatic rings. The Kier molecular flexibility index (Phi) is 3.39. The van der Waals surface area contributed by atoms with Crippen LogP contribution in [0.4, 0.5) is 4.39 Å². The topological polar surface area (TPSA) is 45.0 Å². The van der Waals surface area contributed by atoms with Crippen LogP contribution in [-0.2, 0) is 0 Å². The second kappa shape index (κ2) is 5.06. The Morgan fingerprint density at radius 1 is 1.40 bits per heavy atom. The van der Waals surface area contributed by atoms with Crippen LogP contribution in [0.3, 0.4) is 0 Å². The quantitative estimate of drug-likeness (QED) is 0.917. The standard InChI is InChI=1S/C16H19FN2O/c1-11-2-5-14(17)15(8-11)20-13-6-7-16(9-13,10-18)19-12-3-4-12/h2,5,8,12-13,19H,3-4,6-7,9H2,1H3. The van der Waals surface area contributed by atoms with Gasteiger partial charge in [0, 0.05) is 12.5 Å². The molecular formula is C16H19FN2O. The number of benzene rings is 1. The summed E-state index contributed by atoms with van der Waals surface area (Å²) in [6, 6.07) is 7.77. The third-order valence-corrected chi connectivity index (χ3v) is 4.12. The monoisotopic (exact) mass is 274 g/mol. The van der Waals surface area contributed by atoms with Crippen LogP contribution in [0, 0.1) is 24.1 Å². The maximum absolute atomic E-state index is 13.7. The molecule has 0 amide bonds. The highest BCUT2D eigenvalue weighted by Gasteiger charge is 2.43. The first-order chi connectivity index (χ1) is 9.60. The summed E-state index contributed by atoms with van der Waals surface area (Å²) < 4.78 is 19.5. The van der Waals surface area contributed by atoms with E-state index in [2.05, 4.69) is 11.4 Å². The zero-order valence-electron chi connectivity index (χ0n) is 11.7. The Morgan fingerprint density at radius 2 is 2.20 bits per heavy atom. The van der Waals surface area contributed by atoms with E-state index in [9.17, 15) is 9.65 Å². The molecule has 0 spiro atoms. The Morgan fingerprint density at radius 3 is 2.90 bits per heavy atom. The van der Waals surface area contributed by atoms with Crippen LogP contribution in [0.25, 0.3) is 0 Å². The molecule has 0 saturated heterocycles. The highest BCUT2D eigenvalue weighted by molar-refractivity contribution is 5.30. The van der Waals surface area contributed by atoms with Crippen molar-refractivity contribution < 1.29 is 9.13 Å². The predicted octanol–water partition coefficient (Wildman–Crippen LogP) is 3.08. The van der Waals surface area contributed by atoms with Gasteiger partial charge in [-0.05, 0) is 50.3 Å². The Labute approximate surface area is 118 Å². The van der Waals surface area contributed by atoms with E-state index in [-0.39, 0.29) is 11.9 Å². The molecule has 1 aromatic carbocycles. The molecule has 3 nitrogen and oxygen atoms in total. The number of rotatable bonds is 4. The number of aryl methyl sites for hydroxylation is 1.